The van der Waals surface area contributed by atoms with E-state index in [4.69, 9.17) is 0 Å². The van der Waals surface area contributed by atoms with Crippen molar-refractivity contribution in [3.8, 4) is 0 Å². The number of piperazine rings is 1. The summed E-state index contributed by atoms with van der Waals surface area (Å²) in [5.74, 6) is 1.94. The lowest BCUT2D eigenvalue weighted by atomic mass is 10.2. The average Bonchev–Trinajstić information content (AvgIpc) is 3.03. The van der Waals surface area contributed by atoms with Gasteiger partial charge in [0.2, 0.25) is 0 Å². The predicted molar refractivity (Wildman–Crippen MR) is 115 cm³/mol. The molecule has 3 aliphatic heterocycles. The molecule has 4 heterocycles. The Morgan fingerprint density at radius 3 is 2.34 bits per heavy atom. The van der Waals surface area contributed by atoms with E-state index in [1.165, 1.54) is 0 Å². The molecule has 2 saturated heterocycles. The van der Waals surface area contributed by atoms with Gasteiger partial charge in [-0.3, -0.25) is 9.69 Å². The zero-order valence-corrected chi connectivity index (χ0v) is 18.6. The first-order chi connectivity index (χ1) is 14.0. The lowest BCUT2D eigenvalue weighted by Crippen LogP contribution is -2.53. The molecule has 2 fully saturated rings. The number of thioether (sulfide) groups is 1. The Hall–Kier alpha value is -0.940. The van der Waals surface area contributed by atoms with Crippen LogP contribution in [-0.2, 0) is 28.9 Å². The second kappa shape index (κ2) is 9.47. The average molecular weight is 442 g/mol. The highest BCUT2D eigenvalue weighted by Gasteiger charge is 2.32. The number of hydrogen-bond acceptors (Lipinski definition) is 6. The summed E-state index contributed by atoms with van der Waals surface area (Å²) >= 11 is 1.85. The normalized spacial score (nSPS) is 22.9. The molecule has 0 amide bonds. The van der Waals surface area contributed by atoms with Crippen LogP contribution < -0.4 is 5.56 Å². The van der Waals surface area contributed by atoms with E-state index in [2.05, 4.69) is 10.00 Å². The monoisotopic (exact) mass is 441 g/mol. The van der Waals surface area contributed by atoms with Crippen LogP contribution in [0.4, 0.5) is 0 Å². The molecule has 0 saturated carbocycles. The van der Waals surface area contributed by atoms with Crippen LogP contribution in [0.15, 0.2) is 10.9 Å². The predicted octanol–water partition coefficient (Wildman–Crippen LogP) is 0.771. The highest BCUT2D eigenvalue weighted by atomic mass is 32.2. The van der Waals surface area contributed by atoms with E-state index in [-0.39, 0.29) is 5.56 Å². The van der Waals surface area contributed by atoms with E-state index in [9.17, 15) is 13.2 Å². The molecule has 3 aliphatic rings. The van der Waals surface area contributed by atoms with Gasteiger partial charge in [0.05, 0.1) is 12.2 Å². The van der Waals surface area contributed by atoms with Crippen LogP contribution in [0.25, 0.3) is 0 Å². The van der Waals surface area contributed by atoms with Gasteiger partial charge in [-0.2, -0.15) is 33.9 Å². The molecule has 10 heteroatoms. The zero-order valence-electron chi connectivity index (χ0n) is 17.0. The number of rotatable bonds is 5. The smallest absolute Gasteiger partial charge is 0.282 e. The summed E-state index contributed by atoms with van der Waals surface area (Å²) in [5.41, 5.74) is 2.10. The number of aryl methyl sites for hydroxylation is 1. The molecule has 0 atom stereocenters. The molecule has 0 radical (unpaired) electrons. The minimum atomic E-state index is -3.35. The lowest BCUT2D eigenvalue weighted by molar-refractivity contribution is 0.173. The van der Waals surface area contributed by atoms with Crippen molar-refractivity contribution in [1.29, 1.82) is 0 Å². The molecule has 29 heavy (non-hydrogen) atoms. The molecule has 0 spiro atoms. The minimum absolute atomic E-state index is 0.0337. The summed E-state index contributed by atoms with van der Waals surface area (Å²) in [5, 5.41) is 4.57. The van der Waals surface area contributed by atoms with E-state index in [1.54, 1.807) is 19.4 Å². The second-order valence-corrected chi connectivity index (χ2v) is 11.1. The van der Waals surface area contributed by atoms with Gasteiger partial charge in [0, 0.05) is 64.1 Å². The van der Waals surface area contributed by atoms with Crippen molar-refractivity contribution in [3.63, 3.8) is 0 Å². The highest BCUT2D eigenvalue weighted by Crippen LogP contribution is 2.21. The van der Waals surface area contributed by atoms with Gasteiger partial charge in [-0.15, -0.1) is 0 Å². The van der Waals surface area contributed by atoms with Crippen LogP contribution in [0.1, 0.15) is 36.9 Å². The fraction of sp³-hybridized carbons (Fsp3) is 0.789. The number of aromatic nitrogens is 2. The van der Waals surface area contributed by atoms with Crippen LogP contribution >= 0.6 is 11.8 Å². The quantitative estimate of drug-likeness (QED) is 0.672. The van der Waals surface area contributed by atoms with Gasteiger partial charge >= 0.3 is 0 Å². The molecule has 0 N–H and O–H groups in total. The molecular formula is C19H31N5O3S2. The van der Waals surface area contributed by atoms with Gasteiger partial charge < -0.3 is 0 Å². The Morgan fingerprint density at radius 2 is 1.62 bits per heavy atom. The Kier molecular flexibility index (Phi) is 6.95. The maximum atomic E-state index is 12.9. The summed E-state index contributed by atoms with van der Waals surface area (Å²) < 4.78 is 30.8. The van der Waals surface area contributed by atoms with Crippen LogP contribution in [0.3, 0.4) is 0 Å². The fourth-order valence-electron chi connectivity index (χ4n) is 4.27. The van der Waals surface area contributed by atoms with E-state index >= 15 is 0 Å². The van der Waals surface area contributed by atoms with Crippen molar-refractivity contribution in [2.75, 3.05) is 51.6 Å². The SMILES string of the molecule is O=c1cc2c(nn1CCN1CCN(S(=O)(=O)N3CCCCCC3)CC1)CCSC2. The number of hydrogen-bond donors (Lipinski definition) is 0. The third-order valence-corrected chi connectivity index (χ3v) is 9.13. The van der Waals surface area contributed by atoms with E-state index in [0.29, 0.717) is 45.8 Å². The first kappa shape index (κ1) is 21.3. The van der Waals surface area contributed by atoms with E-state index in [0.717, 1.165) is 61.4 Å². The third-order valence-electron chi connectivity index (χ3n) is 6.08. The molecule has 4 rings (SSSR count). The third kappa shape index (κ3) is 5.04. The molecule has 8 nitrogen and oxygen atoms in total. The molecule has 0 aliphatic carbocycles. The lowest BCUT2D eigenvalue weighted by Gasteiger charge is -2.36. The molecule has 0 aromatic carbocycles. The summed E-state index contributed by atoms with van der Waals surface area (Å²) in [6, 6.07) is 1.74. The topological polar surface area (TPSA) is 78.8 Å². The standard InChI is InChI=1S/C19H31N5O3S2/c25-19-15-17-16-28-14-5-18(17)20-24(19)13-10-21-8-11-23(12-9-21)29(26,27)22-6-3-1-2-4-7-22/h15H,1-14,16H2. The minimum Gasteiger partial charge on any atom is -0.299 e. The molecule has 1 aromatic heterocycles. The summed E-state index contributed by atoms with van der Waals surface area (Å²) in [7, 11) is -3.35. The van der Waals surface area contributed by atoms with Gasteiger partial charge in [0.15, 0.2) is 0 Å². The van der Waals surface area contributed by atoms with Gasteiger partial charge in [-0.25, -0.2) is 4.68 Å². The molecule has 162 valence electrons. The molecular weight excluding hydrogens is 410 g/mol. The zero-order chi connectivity index (χ0) is 20.3. The van der Waals surface area contributed by atoms with Crippen LogP contribution in [0.2, 0.25) is 0 Å². The Morgan fingerprint density at radius 1 is 0.931 bits per heavy atom. The molecule has 0 unspecified atom stereocenters. The van der Waals surface area contributed by atoms with Gasteiger partial charge in [-0.1, -0.05) is 12.8 Å². The van der Waals surface area contributed by atoms with Crippen LogP contribution in [0.5, 0.6) is 0 Å². The Bertz CT molecular complexity index is 857. The van der Waals surface area contributed by atoms with Crippen molar-refractivity contribution >= 4 is 22.0 Å². The van der Waals surface area contributed by atoms with Crippen LogP contribution in [0, 0.1) is 0 Å². The first-order valence-electron chi connectivity index (χ1n) is 10.7. The summed E-state index contributed by atoms with van der Waals surface area (Å²) in [6.07, 6.45) is 5.08. The molecule has 1 aromatic rings. The Balaban J connectivity index is 1.31. The number of nitrogens with zero attached hydrogens (tertiary/aromatic N) is 5. The van der Waals surface area contributed by atoms with Crippen molar-refractivity contribution in [3.05, 3.63) is 27.7 Å². The Labute approximate surface area is 177 Å². The van der Waals surface area contributed by atoms with Crippen LogP contribution in [-0.4, -0.2) is 83.3 Å². The van der Waals surface area contributed by atoms with Gasteiger partial charge in [-0.05, 0) is 24.2 Å². The van der Waals surface area contributed by atoms with Gasteiger partial charge in [0.1, 0.15) is 0 Å². The van der Waals surface area contributed by atoms with E-state index in [1.807, 2.05) is 11.8 Å². The van der Waals surface area contributed by atoms with Crippen molar-refractivity contribution < 1.29 is 8.42 Å². The second-order valence-electron chi connectivity index (χ2n) is 8.04. The maximum absolute atomic E-state index is 12.9. The van der Waals surface area contributed by atoms with E-state index < -0.39 is 10.2 Å². The summed E-state index contributed by atoms with van der Waals surface area (Å²) in [6.45, 7) is 5.00. The maximum Gasteiger partial charge on any atom is 0.282 e. The van der Waals surface area contributed by atoms with Crippen molar-refractivity contribution in [2.45, 2.75) is 44.4 Å². The highest BCUT2D eigenvalue weighted by molar-refractivity contribution is 7.98. The fourth-order valence-corrected chi connectivity index (χ4v) is 6.89. The number of fused-ring (bicyclic) bond motifs is 1. The van der Waals surface area contributed by atoms with Gasteiger partial charge in [0.25, 0.3) is 15.8 Å². The summed E-state index contributed by atoms with van der Waals surface area (Å²) in [4.78, 5) is 14.6. The largest absolute Gasteiger partial charge is 0.299 e. The van der Waals surface area contributed by atoms with Crippen molar-refractivity contribution in [1.82, 2.24) is 23.3 Å². The molecule has 0 bridgehead atoms. The first-order valence-corrected chi connectivity index (χ1v) is 13.2. The van der Waals surface area contributed by atoms with Crippen molar-refractivity contribution in [2.24, 2.45) is 0 Å².